The van der Waals surface area contributed by atoms with E-state index in [9.17, 15) is 19.0 Å². The molecule has 2 atom stereocenters. The van der Waals surface area contributed by atoms with Crippen LogP contribution >= 0.6 is 7.82 Å². The number of esters is 2. The van der Waals surface area contributed by atoms with Gasteiger partial charge in [0, 0.05) is 19.4 Å². The van der Waals surface area contributed by atoms with Crippen LogP contribution in [0.1, 0.15) is 213 Å². The first-order chi connectivity index (χ1) is 25.3. The summed E-state index contributed by atoms with van der Waals surface area (Å²) in [5.74, 6) is -0.822. The average Bonchev–Trinajstić information content (AvgIpc) is 3.13. The van der Waals surface area contributed by atoms with Crippen LogP contribution in [0.3, 0.4) is 0 Å². The van der Waals surface area contributed by atoms with Gasteiger partial charge in [0.05, 0.1) is 13.2 Å². The lowest BCUT2D eigenvalue weighted by Crippen LogP contribution is -2.29. The van der Waals surface area contributed by atoms with Gasteiger partial charge in [-0.2, -0.15) is 0 Å². The Bertz CT molecular complexity index is 871. The number of phosphoric ester groups is 1. The van der Waals surface area contributed by atoms with Gasteiger partial charge >= 0.3 is 19.8 Å². The number of hydrogen-bond acceptors (Lipinski definition) is 8. The van der Waals surface area contributed by atoms with E-state index >= 15 is 0 Å². The highest BCUT2D eigenvalue weighted by Crippen LogP contribution is 2.43. The Morgan fingerprint density at radius 3 is 1.37 bits per heavy atom. The number of allylic oxidation sites excluding steroid dienone is 2. The third kappa shape index (κ3) is 38.5. The molecule has 0 aliphatic rings. The fourth-order valence-corrected chi connectivity index (χ4v) is 6.92. The van der Waals surface area contributed by atoms with Crippen molar-refractivity contribution >= 4 is 19.8 Å². The second-order valence-electron chi connectivity index (χ2n) is 14.6. The largest absolute Gasteiger partial charge is 0.472 e. The van der Waals surface area contributed by atoms with Gasteiger partial charge in [0.1, 0.15) is 6.61 Å². The lowest BCUT2D eigenvalue weighted by molar-refractivity contribution is -0.161. The molecule has 3 N–H and O–H groups in total. The van der Waals surface area contributed by atoms with Crippen molar-refractivity contribution in [1.29, 1.82) is 0 Å². The zero-order valence-electron chi connectivity index (χ0n) is 33.8. The number of carbonyl (C=O) groups excluding carboxylic acids is 2. The standard InChI is InChI=1S/C42H82NO8P/c1-3-5-7-9-11-13-15-17-18-19-20-21-22-23-25-27-29-31-33-35-42(45)51-40(39-50-52(46,47)49-37-36-43)38-48-41(44)34-32-30-28-26-24-16-14-12-10-8-6-4-2/h17-18,40H,3-16,19-39,43H2,1-2H3,(H,46,47)/b18-17-. The summed E-state index contributed by atoms with van der Waals surface area (Å²) in [6.45, 7) is 3.74. The molecule has 0 aromatic heterocycles. The fraction of sp³-hybridized carbons (Fsp3) is 0.905. The van der Waals surface area contributed by atoms with E-state index in [4.69, 9.17) is 24.3 Å². The van der Waals surface area contributed by atoms with Crippen molar-refractivity contribution in [2.75, 3.05) is 26.4 Å². The van der Waals surface area contributed by atoms with Gasteiger partial charge in [-0.25, -0.2) is 4.57 Å². The zero-order valence-corrected chi connectivity index (χ0v) is 34.7. The molecular weight excluding hydrogens is 677 g/mol. The Labute approximate surface area is 319 Å². The molecule has 0 radical (unpaired) electrons. The van der Waals surface area contributed by atoms with Crippen LogP contribution in [0, 0.1) is 0 Å². The number of phosphoric acid groups is 1. The van der Waals surface area contributed by atoms with Gasteiger partial charge in [-0.15, -0.1) is 0 Å². The Hall–Kier alpha value is -1.25. The minimum absolute atomic E-state index is 0.0559. The van der Waals surface area contributed by atoms with Crippen LogP contribution in [0.15, 0.2) is 12.2 Å². The third-order valence-corrected chi connectivity index (χ3v) is 10.4. The summed E-state index contributed by atoms with van der Waals surface area (Å²) in [5, 5.41) is 0. The van der Waals surface area contributed by atoms with Crippen LogP contribution in [-0.4, -0.2) is 49.3 Å². The number of unbranched alkanes of at least 4 members (excludes halogenated alkanes) is 26. The second kappa shape index (κ2) is 39.4. The Kier molecular flexibility index (Phi) is 38.5. The third-order valence-electron chi connectivity index (χ3n) is 9.40. The summed E-state index contributed by atoms with van der Waals surface area (Å²) in [7, 11) is -4.37. The minimum atomic E-state index is -4.37. The van der Waals surface area contributed by atoms with Gasteiger partial charge in [0.25, 0.3) is 0 Å². The van der Waals surface area contributed by atoms with E-state index in [1.165, 1.54) is 141 Å². The first-order valence-corrected chi connectivity index (χ1v) is 23.2. The van der Waals surface area contributed by atoms with Crippen molar-refractivity contribution < 1.29 is 37.6 Å². The van der Waals surface area contributed by atoms with E-state index < -0.39 is 26.5 Å². The van der Waals surface area contributed by atoms with Gasteiger partial charge in [0.15, 0.2) is 6.10 Å². The molecule has 0 saturated heterocycles. The highest BCUT2D eigenvalue weighted by molar-refractivity contribution is 7.47. The second-order valence-corrected chi connectivity index (χ2v) is 16.0. The predicted octanol–water partition coefficient (Wildman–Crippen LogP) is 12.2. The van der Waals surface area contributed by atoms with Gasteiger partial charge in [-0.1, -0.05) is 174 Å². The molecule has 0 aliphatic carbocycles. The first-order valence-electron chi connectivity index (χ1n) is 21.7. The molecule has 0 aromatic carbocycles. The van der Waals surface area contributed by atoms with Crippen molar-refractivity contribution in [3.63, 3.8) is 0 Å². The molecule has 0 aromatic rings. The van der Waals surface area contributed by atoms with Gasteiger partial charge in [0.2, 0.25) is 0 Å². The molecule has 0 bridgehead atoms. The summed E-state index contributed by atoms with van der Waals surface area (Å²) in [6.07, 6.45) is 39.5. The molecular formula is C42H82NO8P. The van der Waals surface area contributed by atoms with Gasteiger partial charge < -0.3 is 20.1 Å². The molecule has 0 fully saturated rings. The first kappa shape index (κ1) is 50.8. The number of ether oxygens (including phenoxy) is 2. The lowest BCUT2D eigenvalue weighted by Gasteiger charge is -2.19. The normalized spacial score (nSPS) is 13.4. The molecule has 52 heavy (non-hydrogen) atoms. The van der Waals surface area contributed by atoms with E-state index in [1.54, 1.807) is 0 Å². The van der Waals surface area contributed by atoms with E-state index in [1.807, 2.05) is 0 Å². The number of hydrogen-bond donors (Lipinski definition) is 2. The quantitative estimate of drug-likeness (QED) is 0.0270. The van der Waals surface area contributed by atoms with Crippen molar-refractivity contribution in [2.24, 2.45) is 5.73 Å². The van der Waals surface area contributed by atoms with Crippen LogP contribution in [-0.2, 0) is 32.7 Å². The van der Waals surface area contributed by atoms with Crippen LogP contribution in [0.2, 0.25) is 0 Å². The minimum Gasteiger partial charge on any atom is -0.462 e. The zero-order chi connectivity index (χ0) is 38.2. The summed E-state index contributed by atoms with van der Waals surface area (Å²) < 4.78 is 32.7. The maximum atomic E-state index is 12.6. The SMILES string of the molecule is CCCCCCCC/C=C\CCCCCCCCCCCC(=O)OC(COC(=O)CCCCCCCCCCCCCC)COP(=O)(O)OCCN. The molecule has 10 heteroatoms. The van der Waals surface area contributed by atoms with E-state index in [0.717, 1.165) is 38.5 Å². The number of carbonyl (C=O) groups is 2. The predicted molar refractivity (Wildman–Crippen MR) is 215 cm³/mol. The molecule has 308 valence electrons. The molecule has 0 rings (SSSR count). The molecule has 0 saturated carbocycles. The van der Waals surface area contributed by atoms with Crippen LogP contribution in [0.25, 0.3) is 0 Å². The summed E-state index contributed by atoms with van der Waals surface area (Å²) in [6, 6.07) is 0. The van der Waals surface area contributed by atoms with Crippen molar-refractivity contribution in [3.8, 4) is 0 Å². The number of nitrogens with two attached hydrogens (primary N) is 1. The molecule has 2 unspecified atom stereocenters. The fourth-order valence-electron chi connectivity index (χ4n) is 6.16. The monoisotopic (exact) mass is 760 g/mol. The van der Waals surface area contributed by atoms with Crippen molar-refractivity contribution in [1.82, 2.24) is 0 Å². The van der Waals surface area contributed by atoms with Gasteiger partial charge in [-0.05, 0) is 38.5 Å². The maximum absolute atomic E-state index is 12.6. The van der Waals surface area contributed by atoms with E-state index in [2.05, 4.69) is 26.0 Å². The molecule has 0 amide bonds. The molecule has 9 nitrogen and oxygen atoms in total. The summed E-state index contributed by atoms with van der Waals surface area (Å²) >= 11 is 0. The Morgan fingerprint density at radius 2 is 0.942 bits per heavy atom. The molecule has 0 spiro atoms. The molecule has 0 aliphatic heterocycles. The average molecular weight is 760 g/mol. The highest BCUT2D eigenvalue weighted by Gasteiger charge is 2.26. The lowest BCUT2D eigenvalue weighted by atomic mass is 10.0. The Morgan fingerprint density at radius 1 is 0.558 bits per heavy atom. The van der Waals surface area contributed by atoms with Crippen LogP contribution in [0.4, 0.5) is 0 Å². The maximum Gasteiger partial charge on any atom is 0.472 e. The van der Waals surface area contributed by atoms with Crippen molar-refractivity contribution in [2.45, 2.75) is 219 Å². The van der Waals surface area contributed by atoms with Crippen LogP contribution < -0.4 is 5.73 Å². The highest BCUT2D eigenvalue weighted by atomic mass is 31.2. The molecule has 0 heterocycles. The van der Waals surface area contributed by atoms with Gasteiger partial charge in [-0.3, -0.25) is 18.6 Å². The van der Waals surface area contributed by atoms with E-state index in [0.29, 0.717) is 6.42 Å². The summed E-state index contributed by atoms with van der Waals surface area (Å²) in [4.78, 5) is 34.8. The van der Waals surface area contributed by atoms with E-state index in [-0.39, 0.29) is 38.6 Å². The van der Waals surface area contributed by atoms with Crippen molar-refractivity contribution in [3.05, 3.63) is 12.2 Å². The Balaban J connectivity index is 4.10. The van der Waals surface area contributed by atoms with Crippen LogP contribution in [0.5, 0.6) is 0 Å². The topological polar surface area (TPSA) is 134 Å². The smallest absolute Gasteiger partial charge is 0.462 e. The summed E-state index contributed by atoms with van der Waals surface area (Å²) in [5.41, 5.74) is 5.34. The number of rotatable bonds is 41.